The molecule has 0 heterocycles. The van der Waals surface area contributed by atoms with Gasteiger partial charge in [0.05, 0.1) is 12.0 Å². The predicted octanol–water partition coefficient (Wildman–Crippen LogP) is 3.00. The third kappa shape index (κ3) is 5.33. The number of carboxylic acids is 1. The Balaban J connectivity index is 2.78. The zero-order valence-electron chi connectivity index (χ0n) is 11.4. The van der Waals surface area contributed by atoms with Crippen molar-refractivity contribution in [1.82, 2.24) is 5.32 Å². The number of benzene rings is 1. The van der Waals surface area contributed by atoms with Crippen molar-refractivity contribution in [3.8, 4) is 0 Å². The Labute approximate surface area is 119 Å². The number of anilines is 1. The third-order valence-electron chi connectivity index (χ3n) is 2.67. The molecule has 21 heavy (non-hydrogen) atoms. The first kappa shape index (κ1) is 16.8. The molecule has 0 fully saturated rings. The number of amides is 2. The lowest BCUT2D eigenvalue weighted by atomic mass is 10.1. The van der Waals surface area contributed by atoms with E-state index in [1.54, 1.807) is 6.92 Å². The van der Waals surface area contributed by atoms with Gasteiger partial charge in [-0.3, -0.25) is 4.79 Å². The molecular weight excluding hydrogens is 289 g/mol. The molecule has 1 atom stereocenters. The summed E-state index contributed by atoms with van der Waals surface area (Å²) >= 11 is 0. The van der Waals surface area contributed by atoms with Gasteiger partial charge in [0, 0.05) is 11.7 Å². The summed E-state index contributed by atoms with van der Waals surface area (Å²) in [4.78, 5) is 22.1. The first-order chi connectivity index (χ1) is 9.59. The van der Waals surface area contributed by atoms with E-state index in [9.17, 15) is 22.8 Å². The van der Waals surface area contributed by atoms with Crippen molar-refractivity contribution in [2.75, 3.05) is 5.32 Å². The molecule has 1 aromatic carbocycles. The van der Waals surface area contributed by atoms with E-state index in [4.69, 9.17) is 5.11 Å². The van der Waals surface area contributed by atoms with Crippen LogP contribution in [0.15, 0.2) is 18.2 Å². The van der Waals surface area contributed by atoms with Crippen LogP contribution in [0, 0.1) is 6.92 Å². The van der Waals surface area contributed by atoms with Crippen LogP contribution >= 0.6 is 0 Å². The SMILES string of the molecule is Cc1ccc(C(F)(F)F)cc1NC(=O)NC(C)CC(=O)O. The number of halogens is 3. The average Bonchev–Trinajstić information content (AvgIpc) is 2.28. The number of nitrogens with one attached hydrogen (secondary N) is 2. The highest BCUT2D eigenvalue weighted by molar-refractivity contribution is 5.90. The van der Waals surface area contributed by atoms with Crippen molar-refractivity contribution in [3.05, 3.63) is 29.3 Å². The van der Waals surface area contributed by atoms with Crippen molar-refractivity contribution in [3.63, 3.8) is 0 Å². The number of carbonyl (C=O) groups excluding carboxylic acids is 1. The molecule has 0 aromatic heterocycles. The van der Waals surface area contributed by atoms with E-state index < -0.39 is 29.8 Å². The van der Waals surface area contributed by atoms with Gasteiger partial charge in [-0.15, -0.1) is 0 Å². The van der Waals surface area contributed by atoms with E-state index in [0.29, 0.717) is 5.56 Å². The molecule has 5 nitrogen and oxygen atoms in total. The lowest BCUT2D eigenvalue weighted by Gasteiger charge is -2.15. The number of carboxylic acid groups (broad SMARTS) is 1. The van der Waals surface area contributed by atoms with Gasteiger partial charge >= 0.3 is 18.2 Å². The molecule has 0 aliphatic rings. The van der Waals surface area contributed by atoms with Gasteiger partial charge in [-0.1, -0.05) is 6.07 Å². The molecule has 116 valence electrons. The maximum absolute atomic E-state index is 12.6. The maximum Gasteiger partial charge on any atom is 0.416 e. The zero-order valence-corrected chi connectivity index (χ0v) is 11.4. The van der Waals surface area contributed by atoms with Crippen LogP contribution in [0.5, 0.6) is 0 Å². The minimum atomic E-state index is -4.50. The summed E-state index contributed by atoms with van der Waals surface area (Å²) in [7, 11) is 0. The molecule has 3 N–H and O–H groups in total. The lowest BCUT2D eigenvalue weighted by Crippen LogP contribution is -2.37. The Hall–Kier alpha value is -2.25. The fourth-order valence-electron chi connectivity index (χ4n) is 1.63. The second-order valence-electron chi connectivity index (χ2n) is 4.62. The molecule has 0 bridgehead atoms. The highest BCUT2D eigenvalue weighted by Gasteiger charge is 2.31. The van der Waals surface area contributed by atoms with E-state index in [1.807, 2.05) is 0 Å². The Bertz CT molecular complexity index is 544. The summed E-state index contributed by atoms with van der Waals surface area (Å²) in [6.07, 6.45) is -4.79. The van der Waals surface area contributed by atoms with Gasteiger partial charge in [0.25, 0.3) is 0 Å². The number of hydrogen-bond donors (Lipinski definition) is 3. The van der Waals surface area contributed by atoms with Gasteiger partial charge in [0.15, 0.2) is 0 Å². The van der Waals surface area contributed by atoms with Crippen molar-refractivity contribution in [2.45, 2.75) is 32.5 Å². The standard InChI is InChI=1S/C13H15F3N2O3/c1-7-3-4-9(13(14,15)16)6-10(7)18-12(21)17-8(2)5-11(19)20/h3-4,6,8H,5H2,1-2H3,(H,19,20)(H2,17,18,21). The van der Waals surface area contributed by atoms with E-state index in [0.717, 1.165) is 12.1 Å². The Morgan fingerprint density at radius 2 is 1.95 bits per heavy atom. The Kier molecular flexibility index (Phi) is 5.17. The summed E-state index contributed by atoms with van der Waals surface area (Å²) in [5.41, 5.74) is -0.393. The highest BCUT2D eigenvalue weighted by atomic mass is 19.4. The molecule has 0 saturated carbocycles. The third-order valence-corrected chi connectivity index (χ3v) is 2.67. The van der Waals surface area contributed by atoms with Crippen LogP contribution in [0.4, 0.5) is 23.7 Å². The number of rotatable bonds is 4. The van der Waals surface area contributed by atoms with E-state index in [1.165, 1.54) is 13.0 Å². The van der Waals surface area contributed by atoms with Gasteiger partial charge in [-0.25, -0.2) is 4.79 Å². The van der Waals surface area contributed by atoms with Crippen LogP contribution in [0.25, 0.3) is 0 Å². The fourth-order valence-corrected chi connectivity index (χ4v) is 1.63. The number of hydrogen-bond acceptors (Lipinski definition) is 2. The average molecular weight is 304 g/mol. The minimum absolute atomic E-state index is 0.0184. The molecule has 0 saturated heterocycles. The van der Waals surface area contributed by atoms with Crippen LogP contribution < -0.4 is 10.6 Å². The number of urea groups is 1. The predicted molar refractivity (Wildman–Crippen MR) is 70.1 cm³/mol. The largest absolute Gasteiger partial charge is 0.481 e. The normalized spacial score (nSPS) is 12.6. The highest BCUT2D eigenvalue weighted by Crippen LogP contribution is 2.31. The Morgan fingerprint density at radius 3 is 2.48 bits per heavy atom. The summed E-state index contributed by atoms with van der Waals surface area (Å²) in [5, 5.41) is 13.2. The molecule has 0 spiro atoms. The zero-order chi connectivity index (χ0) is 16.2. The number of alkyl halides is 3. The summed E-state index contributed by atoms with van der Waals surface area (Å²) in [5.74, 6) is -1.09. The summed E-state index contributed by atoms with van der Waals surface area (Å²) in [6.45, 7) is 3.03. The Morgan fingerprint density at radius 1 is 1.33 bits per heavy atom. The van der Waals surface area contributed by atoms with E-state index >= 15 is 0 Å². The first-order valence-electron chi connectivity index (χ1n) is 6.06. The van der Waals surface area contributed by atoms with Crippen LogP contribution in [-0.4, -0.2) is 23.1 Å². The second kappa shape index (κ2) is 6.47. The van der Waals surface area contributed by atoms with Crippen LogP contribution in [0.3, 0.4) is 0 Å². The lowest BCUT2D eigenvalue weighted by molar-refractivity contribution is -0.138. The van der Waals surface area contributed by atoms with E-state index in [-0.39, 0.29) is 12.1 Å². The van der Waals surface area contributed by atoms with Crippen LogP contribution in [-0.2, 0) is 11.0 Å². The van der Waals surface area contributed by atoms with Crippen LogP contribution in [0.1, 0.15) is 24.5 Å². The minimum Gasteiger partial charge on any atom is -0.481 e. The van der Waals surface area contributed by atoms with Gasteiger partial charge in [0.1, 0.15) is 0 Å². The summed E-state index contributed by atoms with van der Waals surface area (Å²) < 4.78 is 37.8. The molecule has 1 rings (SSSR count). The monoisotopic (exact) mass is 304 g/mol. The molecule has 2 amide bonds. The fraction of sp³-hybridized carbons (Fsp3) is 0.385. The van der Waals surface area contributed by atoms with E-state index in [2.05, 4.69) is 10.6 Å². The van der Waals surface area contributed by atoms with Crippen molar-refractivity contribution in [1.29, 1.82) is 0 Å². The maximum atomic E-state index is 12.6. The molecule has 0 radical (unpaired) electrons. The quantitative estimate of drug-likeness (QED) is 0.800. The number of aryl methyl sites for hydroxylation is 1. The van der Waals surface area contributed by atoms with Gasteiger partial charge in [0.2, 0.25) is 0 Å². The van der Waals surface area contributed by atoms with Gasteiger partial charge in [-0.05, 0) is 31.5 Å². The van der Waals surface area contributed by atoms with Gasteiger partial charge < -0.3 is 15.7 Å². The second-order valence-corrected chi connectivity index (χ2v) is 4.62. The topological polar surface area (TPSA) is 78.4 Å². The van der Waals surface area contributed by atoms with Crippen molar-refractivity contribution >= 4 is 17.7 Å². The van der Waals surface area contributed by atoms with Crippen LogP contribution in [0.2, 0.25) is 0 Å². The molecule has 1 aromatic rings. The smallest absolute Gasteiger partial charge is 0.416 e. The van der Waals surface area contributed by atoms with Crippen molar-refractivity contribution in [2.24, 2.45) is 0 Å². The first-order valence-corrected chi connectivity index (χ1v) is 6.06. The molecule has 0 aliphatic heterocycles. The van der Waals surface area contributed by atoms with Crippen molar-refractivity contribution < 1.29 is 27.9 Å². The molecule has 8 heteroatoms. The summed E-state index contributed by atoms with van der Waals surface area (Å²) in [6, 6.07) is 1.60. The molecular formula is C13H15F3N2O3. The molecule has 1 unspecified atom stereocenters. The molecule has 0 aliphatic carbocycles. The van der Waals surface area contributed by atoms with Gasteiger partial charge in [-0.2, -0.15) is 13.2 Å². The number of carbonyl (C=O) groups is 2. The number of aliphatic carboxylic acids is 1.